The molecule has 1 atom stereocenters. The molecule has 2 rings (SSSR count). The summed E-state index contributed by atoms with van der Waals surface area (Å²) in [5.74, 6) is 0.225. The number of amides is 2. The number of likely N-dealkylation sites (tertiary alicyclic amines) is 1. The van der Waals surface area contributed by atoms with Crippen LogP contribution in [-0.4, -0.2) is 59.5 Å². The van der Waals surface area contributed by atoms with E-state index in [1.54, 1.807) is 11.0 Å². The number of nitrogens with zero attached hydrogens (tertiary/aromatic N) is 3. The molecule has 1 aromatic rings. The highest BCUT2D eigenvalue weighted by molar-refractivity contribution is 5.94. The van der Waals surface area contributed by atoms with Gasteiger partial charge in [0.2, 0.25) is 11.8 Å². The van der Waals surface area contributed by atoms with Gasteiger partial charge in [-0.3, -0.25) is 9.59 Å². The standard InChI is InChI=1S/C19H32N4O3/c1-3-5-8-16(4-2)19(25)23(13-12-22-10-6-7-11-22)15-18(24)20-17-9-14-26-21-17/h9,14,16H,3-8,10-13,15H2,1-2H3,(H,20,21,24)/t16-/m0/s1. The summed E-state index contributed by atoms with van der Waals surface area (Å²) in [6, 6.07) is 1.59. The fourth-order valence-corrected chi connectivity index (χ4v) is 3.38. The summed E-state index contributed by atoms with van der Waals surface area (Å²) in [7, 11) is 0. The first-order valence-corrected chi connectivity index (χ1v) is 9.85. The third-order valence-corrected chi connectivity index (χ3v) is 4.98. The van der Waals surface area contributed by atoms with Crippen LogP contribution < -0.4 is 5.32 Å². The van der Waals surface area contributed by atoms with E-state index in [0.29, 0.717) is 12.4 Å². The van der Waals surface area contributed by atoms with Crippen molar-refractivity contribution in [3.8, 4) is 0 Å². The van der Waals surface area contributed by atoms with Gasteiger partial charge < -0.3 is 19.6 Å². The summed E-state index contributed by atoms with van der Waals surface area (Å²) in [5, 5.41) is 6.37. The first-order valence-electron chi connectivity index (χ1n) is 9.85. The lowest BCUT2D eigenvalue weighted by atomic mass is 9.97. The molecule has 7 heteroatoms. The number of anilines is 1. The fraction of sp³-hybridized carbons (Fsp3) is 0.737. The number of unbranched alkanes of at least 4 members (excludes halogenated alkanes) is 1. The van der Waals surface area contributed by atoms with Crippen LogP contribution in [0.5, 0.6) is 0 Å². The number of carbonyl (C=O) groups is 2. The molecule has 0 spiro atoms. The van der Waals surface area contributed by atoms with Crippen molar-refractivity contribution in [2.75, 3.05) is 38.0 Å². The molecule has 0 aliphatic carbocycles. The zero-order chi connectivity index (χ0) is 18.8. The minimum absolute atomic E-state index is 0.00613. The number of aromatic nitrogens is 1. The largest absolute Gasteiger partial charge is 0.363 e. The third-order valence-electron chi connectivity index (χ3n) is 4.98. The summed E-state index contributed by atoms with van der Waals surface area (Å²) in [5.41, 5.74) is 0. The molecule has 1 aromatic heterocycles. The molecule has 0 unspecified atom stereocenters. The zero-order valence-electron chi connectivity index (χ0n) is 16.1. The SMILES string of the molecule is CCCC[C@H](CC)C(=O)N(CCN1CCCC1)CC(=O)Nc1ccon1. The molecule has 146 valence electrons. The van der Waals surface area contributed by atoms with Crippen molar-refractivity contribution in [3.63, 3.8) is 0 Å². The highest BCUT2D eigenvalue weighted by Crippen LogP contribution is 2.17. The second-order valence-corrected chi connectivity index (χ2v) is 6.99. The van der Waals surface area contributed by atoms with Crippen molar-refractivity contribution in [1.29, 1.82) is 0 Å². The average molecular weight is 364 g/mol. The summed E-state index contributed by atoms with van der Waals surface area (Å²) >= 11 is 0. The first-order chi connectivity index (χ1) is 12.6. The van der Waals surface area contributed by atoms with Crippen LogP contribution >= 0.6 is 0 Å². The first kappa shape index (κ1) is 20.4. The highest BCUT2D eigenvalue weighted by Gasteiger charge is 2.25. The Labute approximate surface area is 156 Å². The van der Waals surface area contributed by atoms with E-state index in [1.807, 2.05) is 6.92 Å². The predicted octanol–water partition coefficient (Wildman–Crippen LogP) is 2.75. The number of hydrogen-bond donors (Lipinski definition) is 1. The summed E-state index contributed by atoms with van der Waals surface area (Å²) < 4.78 is 4.73. The van der Waals surface area contributed by atoms with Gasteiger partial charge in [-0.25, -0.2) is 0 Å². The van der Waals surface area contributed by atoms with Gasteiger partial charge in [0, 0.05) is 25.1 Å². The maximum atomic E-state index is 13.0. The molecule has 1 aliphatic heterocycles. The Morgan fingerprint density at radius 2 is 2.12 bits per heavy atom. The zero-order valence-corrected chi connectivity index (χ0v) is 16.1. The number of rotatable bonds is 11. The van der Waals surface area contributed by atoms with E-state index < -0.39 is 0 Å². The minimum atomic E-state index is -0.237. The van der Waals surface area contributed by atoms with E-state index >= 15 is 0 Å². The van der Waals surface area contributed by atoms with Crippen molar-refractivity contribution >= 4 is 17.6 Å². The number of hydrogen-bond acceptors (Lipinski definition) is 5. The quantitative estimate of drug-likeness (QED) is 0.653. The van der Waals surface area contributed by atoms with Gasteiger partial charge in [0.1, 0.15) is 6.26 Å². The normalized spacial score (nSPS) is 15.8. The molecule has 2 amide bonds. The van der Waals surface area contributed by atoms with Crippen LogP contribution in [-0.2, 0) is 9.59 Å². The van der Waals surface area contributed by atoms with E-state index in [1.165, 1.54) is 19.1 Å². The van der Waals surface area contributed by atoms with Crippen LogP contribution in [0.4, 0.5) is 5.82 Å². The molecule has 7 nitrogen and oxygen atoms in total. The Hall–Kier alpha value is -1.89. The van der Waals surface area contributed by atoms with Gasteiger partial charge >= 0.3 is 0 Å². The Bertz CT molecular complexity index is 541. The molecule has 0 bridgehead atoms. The second kappa shape index (κ2) is 11.0. The average Bonchev–Trinajstić information content (AvgIpc) is 3.32. The molecule has 2 heterocycles. The fourth-order valence-electron chi connectivity index (χ4n) is 3.38. The predicted molar refractivity (Wildman–Crippen MR) is 101 cm³/mol. The maximum absolute atomic E-state index is 13.0. The third kappa shape index (κ3) is 6.44. The van der Waals surface area contributed by atoms with E-state index in [-0.39, 0.29) is 24.3 Å². The molecular weight excluding hydrogens is 332 g/mol. The van der Waals surface area contributed by atoms with Crippen LogP contribution in [0.25, 0.3) is 0 Å². The Morgan fingerprint density at radius 3 is 2.73 bits per heavy atom. The molecule has 0 aromatic carbocycles. The molecule has 1 aliphatic rings. The van der Waals surface area contributed by atoms with Crippen molar-refractivity contribution in [2.24, 2.45) is 5.92 Å². The van der Waals surface area contributed by atoms with Gasteiger partial charge in [0.05, 0.1) is 6.54 Å². The molecule has 0 saturated carbocycles. The molecule has 1 N–H and O–H groups in total. The topological polar surface area (TPSA) is 78.7 Å². The number of carbonyl (C=O) groups excluding carboxylic acids is 2. The molecule has 1 fully saturated rings. The van der Waals surface area contributed by atoms with E-state index in [4.69, 9.17) is 4.52 Å². The second-order valence-electron chi connectivity index (χ2n) is 6.99. The summed E-state index contributed by atoms with van der Waals surface area (Å²) in [4.78, 5) is 29.4. The Balaban J connectivity index is 1.96. The molecule has 1 saturated heterocycles. The molecule has 0 radical (unpaired) electrons. The van der Waals surface area contributed by atoms with Gasteiger partial charge in [0.15, 0.2) is 5.82 Å². The van der Waals surface area contributed by atoms with Gasteiger partial charge in [-0.15, -0.1) is 0 Å². The van der Waals surface area contributed by atoms with Crippen LogP contribution in [0.2, 0.25) is 0 Å². The van der Waals surface area contributed by atoms with Crippen molar-refractivity contribution in [3.05, 3.63) is 12.3 Å². The lowest BCUT2D eigenvalue weighted by Crippen LogP contribution is -2.44. The smallest absolute Gasteiger partial charge is 0.245 e. The van der Waals surface area contributed by atoms with E-state index in [2.05, 4.69) is 22.3 Å². The van der Waals surface area contributed by atoms with Gasteiger partial charge in [0.25, 0.3) is 0 Å². The van der Waals surface area contributed by atoms with Crippen LogP contribution in [0, 0.1) is 5.92 Å². The minimum Gasteiger partial charge on any atom is -0.363 e. The van der Waals surface area contributed by atoms with Crippen LogP contribution in [0.1, 0.15) is 52.4 Å². The van der Waals surface area contributed by atoms with Crippen LogP contribution in [0.15, 0.2) is 16.9 Å². The lowest BCUT2D eigenvalue weighted by Gasteiger charge is -2.28. The van der Waals surface area contributed by atoms with Gasteiger partial charge in [-0.1, -0.05) is 31.8 Å². The Morgan fingerprint density at radius 1 is 1.35 bits per heavy atom. The van der Waals surface area contributed by atoms with Gasteiger partial charge in [-0.2, -0.15) is 0 Å². The van der Waals surface area contributed by atoms with Gasteiger partial charge in [-0.05, 0) is 38.8 Å². The summed E-state index contributed by atoms with van der Waals surface area (Å²) in [6.45, 7) is 7.82. The van der Waals surface area contributed by atoms with E-state index in [0.717, 1.165) is 45.3 Å². The van der Waals surface area contributed by atoms with Crippen LogP contribution in [0.3, 0.4) is 0 Å². The highest BCUT2D eigenvalue weighted by atomic mass is 16.5. The molecule has 26 heavy (non-hydrogen) atoms. The summed E-state index contributed by atoms with van der Waals surface area (Å²) in [6.07, 6.45) is 7.65. The lowest BCUT2D eigenvalue weighted by molar-refractivity contribution is -0.139. The van der Waals surface area contributed by atoms with Crippen molar-refractivity contribution < 1.29 is 14.1 Å². The monoisotopic (exact) mass is 364 g/mol. The Kier molecular flexibility index (Phi) is 8.61. The van der Waals surface area contributed by atoms with Crippen molar-refractivity contribution in [2.45, 2.75) is 52.4 Å². The van der Waals surface area contributed by atoms with E-state index in [9.17, 15) is 9.59 Å². The number of nitrogens with one attached hydrogen (secondary N) is 1. The molecular formula is C19H32N4O3. The van der Waals surface area contributed by atoms with Crippen molar-refractivity contribution in [1.82, 2.24) is 15.0 Å². The maximum Gasteiger partial charge on any atom is 0.245 e.